The molecule has 0 bridgehead atoms. The normalized spacial score (nSPS) is 14.7. The fourth-order valence-electron chi connectivity index (χ4n) is 4.09. The number of carbonyl (C=O) groups is 1. The molecule has 0 saturated carbocycles. The van der Waals surface area contributed by atoms with Gasteiger partial charge in [0.2, 0.25) is 5.91 Å². The van der Waals surface area contributed by atoms with Crippen molar-refractivity contribution in [2.24, 2.45) is 4.99 Å². The summed E-state index contributed by atoms with van der Waals surface area (Å²) in [6.45, 7) is 6.12. The topological polar surface area (TPSA) is 98.2 Å². The predicted octanol–water partition coefficient (Wildman–Crippen LogP) is 5.41. The number of fused-ring (bicyclic) bond motifs is 3. The number of hydrogen-bond acceptors (Lipinski definition) is 6. The number of anilines is 2. The van der Waals surface area contributed by atoms with Crippen molar-refractivity contribution in [1.29, 1.82) is 0 Å². The lowest BCUT2D eigenvalue weighted by molar-refractivity contribution is -0.116. The first-order valence-corrected chi connectivity index (χ1v) is 12.0. The summed E-state index contributed by atoms with van der Waals surface area (Å²) in [4.78, 5) is 19.3. The zero-order valence-electron chi connectivity index (χ0n) is 19.0. The molecular weight excluding hydrogens is 468 g/mol. The summed E-state index contributed by atoms with van der Waals surface area (Å²) in [7, 11) is 0. The molecule has 1 atom stereocenters. The number of nitrogens with one attached hydrogen (secondary N) is 1. The fourth-order valence-corrected chi connectivity index (χ4v) is 5.43. The van der Waals surface area contributed by atoms with E-state index in [1.54, 1.807) is 35.6 Å². The number of nitrogen functional groups attached to an aromatic ring is 1. The van der Waals surface area contributed by atoms with E-state index >= 15 is 0 Å². The quantitative estimate of drug-likeness (QED) is 0.373. The average Bonchev–Trinajstić information content (AvgIpc) is 3.28. The summed E-state index contributed by atoms with van der Waals surface area (Å²) in [5, 5.41) is 13.4. The van der Waals surface area contributed by atoms with E-state index in [2.05, 4.69) is 29.4 Å². The molecule has 2 aromatic heterocycles. The van der Waals surface area contributed by atoms with Crippen molar-refractivity contribution >= 4 is 45.9 Å². The van der Waals surface area contributed by atoms with Crippen molar-refractivity contribution in [1.82, 2.24) is 14.8 Å². The molecule has 1 aliphatic rings. The van der Waals surface area contributed by atoms with Crippen LogP contribution in [0.25, 0.3) is 5.00 Å². The maximum absolute atomic E-state index is 13.0. The molecule has 4 aromatic rings. The van der Waals surface area contributed by atoms with Crippen LogP contribution in [0.2, 0.25) is 5.02 Å². The van der Waals surface area contributed by atoms with E-state index in [-0.39, 0.29) is 12.3 Å². The molecule has 9 heteroatoms. The number of thiophene rings is 1. The Bertz CT molecular complexity index is 1420. The van der Waals surface area contributed by atoms with Gasteiger partial charge in [-0.15, -0.1) is 21.5 Å². The van der Waals surface area contributed by atoms with Crippen LogP contribution in [-0.4, -0.2) is 26.4 Å². The molecule has 172 valence electrons. The highest BCUT2D eigenvalue weighted by atomic mass is 35.5. The van der Waals surface area contributed by atoms with Gasteiger partial charge in [-0.25, -0.2) is 0 Å². The molecular formula is C25H23ClN6OS. The molecule has 34 heavy (non-hydrogen) atoms. The molecule has 7 nitrogen and oxygen atoms in total. The second-order valence-corrected chi connectivity index (χ2v) is 9.92. The van der Waals surface area contributed by atoms with Gasteiger partial charge in [0.1, 0.15) is 16.9 Å². The number of amides is 1. The summed E-state index contributed by atoms with van der Waals surface area (Å²) in [6, 6.07) is 14.2. The number of benzene rings is 2. The minimum Gasteiger partial charge on any atom is -0.399 e. The SMILES string of the molecule is Cc1sc2c(c1C)C(c1ccc(Cl)cc1)=N[C@@H](CC(=O)Nc1ccc(N)cc1)c1nnc(C)n1-2. The van der Waals surface area contributed by atoms with Crippen LogP contribution in [0, 0.1) is 20.8 Å². The summed E-state index contributed by atoms with van der Waals surface area (Å²) in [6.07, 6.45) is 0.118. The molecule has 0 radical (unpaired) electrons. The van der Waals surface area contributed by atoms with Crippen LogP contribution < -0.4 is 11.1 Å². The maximum atomic E-state index is 13.0. The number of carbonyl (C=O) groups excluding carboxylic acids is 1. The largest absolute Gasteiger partial charge is 0.399 e. The molecule has 2 aromatic carbocycles. The lowest BCUT2D eigenvalue weighted by Gasteiger charge is -2.13. The number of aryl methyl sites for hydroxylation is 2. The Morgan fingerprint density at radius 2 is 1.79 bits per heavy atom. The van der Waals surface area contributed by atoms with Gasteiger partial charge in [0.25, 0.3) is 0 Å². The van der Waals surface area contributed by atoms with Gasteiger partial charge in [0.15, 0.2) is 5.82 Å². The number of nitrogens with zero attached hydrogens (tertiary/aromatic N) is 4. The van der Waals surface area contributed by atoms with E-state index in [0.717, 1.165) is 33.2 Å². The zero-order chi connectivity index (χ0) is 24.0. The second kappa shape index (κ2) is 8.70. The van der Waals surface area contributed by atoms with Crippen LogP contribution in [-0.2, 0) is 4.79 Å². The first-order valence-electron chi connectivity index (χ1n) is 10.8. The van der Waals surface area contributed by atoms with Crippen LogP contribution in [0.4, 0.5) is 11.4 Å². The summed E-state index contributed by atoms with van der Waals surface area (Å²) >= 11 is 7.84. The third kappa shape index (κ3) is 3.99. The average molecular weight is 491 g/mol. The summed E-state index contributed by atoms with van der Waals surface area (Å²) < 4.78 is 2.04. The van der Waals surface area contributed by atoms with Crippen LogP contribution in [0.1, 0.15) is 45.7 Å². The van der Waals surface area contributed by atoms with Gasteiger partial charge < -0.3 is 11.1 Å². The Kier molecular flexibility index (Phi) is 5.71. The van der Waals surface area contributed by atoms with Crippen molar-refractivity contribution < 1.29 is 4.79 Å². The Labute approximate surface area is 206 Å². The molecule has 0 fully saturated rings. The van der Waals surface area contributed by atoms with Crippen molar-refractivity contribution in [2.45, 2.75) is 33.2 Å². The first-order chi connectivity index (χ1) is 16.3. The van der Waals surface area contributed by atoms with E-state index in [4.69, 9.17) is 22.3 Å². The fraction of sp³-hybridized carbons (Fsp3) is 0.200. The van der Waals surface area contributed by atoms with Crippen molar-refractivity contribution in [3.05, 3.63) is 86.8 Å². The van der Waals surface area contributed by atoms with E-state index < -0.39 is 6.04 Å². The highest BCUT2D eigenvalue weighted by molar-refractivity contribution is 7.15. The molecule has 0 spiro atoms. The van der Waals surface area contributed by atoms with Crippen LogP contribution >= 0.6 is 22.9 Å². The van der Waals surface area contributed by atoms with Gasteiger partial charge in [-0.05, 0) is 62.7 Å². The molecule has 3 heterocycles. The molecule has 5 rings (SSSR count). The first kappa shape index (κ1) is 22.3. The molecule has 3 N–H and O–H groups in total. The minimum atomic E-state index is -0.514. The van der Waals surface area contributed by atoms with Crippen molar-refractivity contribution in [3.63, 3.8) is 0 Å². The molecule has 0 aliphatic carbocycles. The zero-order valence-corrected chi connectivity index (χ0v) is 20.5. The van der Waals surface area contributed by atoms with Gasteiger partial charge >= 0.3 is 0 Å². The standard InChI is InChI=1S/C25H23ClN6OS/c1-13-14(2)34-25-22(13)23(16-4-6-17(26)7-5-16)29-20(24-31-30-15(3)32(24)25)12-21(33)28-19-10-8-18(27)9-11-19/h4-11,20H,12,27H2,1-3H3,(H,28,33)/t20-/m0/s1. The lowest BCUT2D eigenvalue weighted by Crippen LogP contribution is -2.17. The Morgan fingerprint density at radius 3 is 2.50 bits per heavy atom. The van der Waals surface area contributed by atoms with E-state index in [9.17, 15) is 4.79 Å². The van der Waals surface area contributed by atoms with E-state index in [1.165, 1.54) is 4.88 Å². The van der Waals surface area contributed by atoms with Crippen LogP contribution in [0.3, 0.4) is 0 Å². The number of aromatic nitrogens is 3. The third-order valence-corrected chi connectivity index (χ3v) is 7.37. The summed E-state index contributed by atoms with van der Waals surface area (Å²) in [5.74, 6) is 1.24. The number of hydrogen-bond donors (Lipinski definition) is 2. The smallest absolute Gasteiger partial charge is 0.227 e. The molecule has 1 aliphatic heterocycles. The van der Waals surface area contributed by atoms with Crippen LogP contribution in [0.15, 0.2) is 53.5 Å². The number of halogens is 1. The highest BCUT2D eigenvalue weighted by Crippen LogP contribution is 2.39. The third-order valence-electron chi connectivity index (χ3n) is 5.93. The lowest BCUT2D eigenvalue weighted by atomic mass is 9.99. The number of aliphatic imine (C=N–C) groups is 1. The van der Waals surface area contributed by atoms with Crippen molar-refractivity contribution in [2.75, 3.05) is 11.1 Å². The van der Waals surface area contributed by atoms with Gasteiger partial charge in [-0.3, -0.25) is 14.4 Å². The number of nitrogens with two attached hydrogens (primary N) is 1. The van der Waals surface area contributed by atoms with E-state index in [1.807, 2.05) is 35.8 Å². The predicted molar refractivity (Wildman–Crippen MR) is 137 cm³/mol. The minimum absolute atomic E-state index is 0.118. The Balaban J connectivity index is 1.61. The van der Waals surface area contributed by atoms with Crippen LogP contribution in [0.5, 0.6) is 0 Å². The van der Waals surface area contributed by atoms with Gasteiger partial charge in [-0.2, -0.15) is 0 Å². The van der Waals surface area contributed by atoms with Gasteiger partial charge in [-0.1, -0.05) is 23.7 Å². The molecule has 0 unspecified atom stereocenters. The van der Waals surface area contributed by atoms with Crippen molar-refractivity contribution in [3.8, 4) is 5.00 Å². The number of rotatable bonds is 4. The van der Waals surface area contributed by atoms with Gasteiger partial charge in [0.05, 0.1) is 12.1 Å². The molecule has 1 amide bonds. The summed E-state index contributed by atoms with van der Waals surface area (Å²) in [5.41, 5.74) is 11.0. The second-order valence-electron chi connectivity index (χ2n) is 8.28. The van der Waals surface area contributed by atoms with E-state index in [0.29, 0.717) is 22.2 Å². The Hall–Kier alpha value is -3.49. The van der Waals surface area contributed by atoms with Gasteiger partial charge in [0, 0.05) is 32.4 Å². The Morgan fingerprint density at radius 1 is 1.09 bits per heavy atom. The molecule has 0 saturated heterocycles. The monoisotopic (exact) mass is 490 g/mol. The maximum Gasteiger partial charge on any atom is 0.227 e. The highest BCUT2D eigenvalue weighted by Gasteiger charge is 2.32.